The van der Waals surface area contributed by atoms with Crippen LogP contribution in [-0.4, -0.2) is 23.7 Å². The highest BCUT2D eigenvalue weighted by Gasteiger charge is 2.20. The van der Waals surface area contributed by atoms with Gasteiger partial charge in [-0.1, -0.05) is 0 Å². The van der Waals surface area contributed by atoms with Crippen molar-refractivity contribution in [3.8, 4) is 0 Å². The maximum absolute atomic E-state index is 5.64. The quantitative estimate of drug-likeness (QED) is 0.876. The van der Waals surface area contributed by atoms with Crippen LogP contribution in [0.1, 0.15) is 19.8 Å². The molecule has 1 fully saturated rings. The summed E-state index contributed by atoms with van der Waals surface area (Å²) in [6, 6.07) is 2.29. The van der Waals surface area contributed by atoms with Crippen LogP contribution in [-0.2, 0) is 4.74 Å². The molecule has 0 bridgehead atoms. The van der Waals surface area contributed by atoms with Crippen LogP contribution in [0.25, 0.3) is 0 Å². The Hall–Kier alpha value is -0.810. The average Bonchev–Trinajstić information content (AvgIpc) is 2.22. The summed E-state index contributed by atoms with van der Waals surface area (Å²) in [5.74, 6) is 0.855. The number of nitrogens with one attached hydrogen (secondary N) is 1. The number of pyridine rings is 1. The van der Waals surface area contributed by atoms with E-state index in [1.165, 1.54) is 0 Å². The Labute approximate surface area is 104 Å². The van der Waals surface area contributed by atoms with E-state index in [2.05, 4.69) is 33.2 Å². The van der Waals surface area contributed by atoms with Crippen molar-refractivity contribution >= 4 is 27.4 Å². The van der Waals surface area contributed by atoms with Crippen LogP contribution in [0, 0.1) is 0 Å². The Morgan fingerprint density at radius 1 is 1.62 bits per heavy atom. The van der Waals surface area contributed by atoms with Gasteiger partial charge in [-0.2, -0.15) is 0 Å². The molecule has 1 aliphatic rings. The average molecular weight is 286 g/mol. The van der Waals surface area contributed by atoms with E-state index in [-0.39, 0.29) is 0 Å². The highest BCUT2D eigenvalue weighted by Crippen LogP contribution is 2.25. The van der Waals surface area contributed by atoms with Crippen molar-refractivity contribution in [1.82, 2.24) is 4.98 Å². The molecular weight excluding hydrogens is 270 g/mol. The van der Waals surface area contributed by atoms with Crippen molar-refractivity contribution in [3.63, 3.8) is 0 Å². The fraction of sp³-hybridized carbons (Fsp3) is 0.545. The zero-order valence-corrected chi connectivity index (χ0v) is 10.8. The molecule has 2 atom stereocenters. The van der Waals surface area contributed by atoms with Crippen LogP contribution in [0.15, 0.2) is 16.7 Å². The summed E-state index contributed by atoms with van der Waals surface area (Å²) in [7, 11) is 0. The van der Waals surface area contributed by atoms with Gasteiger partial charge in [0, 0.05) is 12.6 Å². The van der Waals surface area contributed by atoms with Crippen molar-refractivity contribution in [1.29, 1.82) is 0 Å². The van der Waals surface area contributed by atoms with E-state index in [9.17, 15) is 0 Å². The molecule has 2 heterocycles. The zero-order valence-electron chi connectivity index (χ0n) is 9.24. The first-order valence-corrected chi connectivity index (χ1v) is 6.23. The Kier molecular flexibility index (Phi) is 3.66. The third-order valence-electron chi connectivity index (χ3n) is 2.69. The number of aromatic nitrogens is 1. The summed E-state index contributed by atoms with van der Waals surface area (Å²) >= 11 is 3.45. The number of anilines is 2. The van der Waals surface area contributed by atoms with Gasteiger partial charge in [0.15, 0.2) is 0 Å². The van der Waals surface area contributed by atoms with E-state index in [0.29, 0.717) is 17.8 Å². The first-order valence-electron chi connectivity index (χ1n) is 5.44. The molecule has 16 heavy (non-hydrogen) atoms. The summed E-state index contributed by atoms with van der Waals surface area (Å²) in [6.07, 6.45) is 4.01. The molecule has 0 radical (unpaired) electrons. The van der Waals surface area contributed by atoms with Gasteiger partial charge in [0.05, 0.1) is 22.5 Å². The number of hydrogen-bond acceptors (Lipinski definition) is 4. The second-order valence-electron chi connectivity index (χ2n) is 4.15. The number of nitrogen functional groups attached to an aromatic ring is 1. The summed E-state index contributed by atoms with van der Waals surface area (Å²) in [4.78, 5) is 4.27. The predicted molar refractivity (Wildman–Crippen MR) is 68.4 cm³/mol. The van der Waals surface area contributed by atoms with Crippen molar-refractivity contribution in [2.75, 3.05) is 17.7 Å². The topological polar surface area (TPSA) is 60.2 Å². The lowest BCUT2D eigenvalue weighted by molar-refractivity contribution is 0.0231. The van der Waals surface area contributed by atoms with Gasteiger partial charge in [0.25, 0.3) is 0 Å². The lowest BCUT2D eigenvalue weighted by atomic mass is 10.0. The number of nitrogens with zero attached hydrogens (tertiary/aromatic N) is 1. The van der Waals surface area contributed by atoms with Crippen LogP contribution in [0.5, 0.6) is 0 Å². The molecule has 0 aromatic carbocycles. The monoisotopic (exact) mass is 285 g/mol. The standard InChI is InChI=1S/C11H16BrN3O/c1-7-4-9(2-3-16-7)15-11-10(12)5-8(13)6-14-11/h5-7,9H,2-4,13H2,1H3,(H,14,15). The molecule has 1 saturated heterocycles. The molecule has 1 aliphatic heterocycles. The smallest absolute Gasteiger partial charge is 0.140 e. The molecule has 0 aliphatic carbocycles. The van der Waals surface area contributed by atoms with Crippen LogP contribution in [0.4, 0.5) is 11.5 Å². The summed E-state index contributed by atoms with van der Waals surface area (Å²) in [5.41, 5.74) is 6.31. The molecule has 3 N–H and O–H groups in total. The lowest BCUT2D eigenvalue weighted by Gasteiger charge is -2.28. The largest absolute Gasteiger partial charge is 0.397 e. The number of halogens is 1. The molecule has 2 rings (SSSR count). The van der Waals surface area contributed by atoms with Crippen LogP contribution < -0.4 is 11.1 Å². The van der Waals surface area contributed by atoms with Gasteiger partial charge in [-0.3, -0.25) is 0 Å². The first kappa shape index (κ1) is 11.7. The van der Waals surface area contributed by atoms with Gasteiger partial charge in [0.1, 0.15) is 5.82 Å². The van der Waals surface area contributed by atoms with Gasteiger partial charge in [-0.15, -0.1) is 0 Å². The minimum Gasteiger partial charge on any atom is -0.397 e. The summed E-state index contributed by atoms with van der Waals surface area (Å²) in [6.45, 7) is 2.91. The van der Waals surface area contributed by atoms with Gasteiger partial charge in [-0.25, -0.2) is 4.98 Å². The second kappa shape index (κ2) is 5.01. The van der Waals surface area contributed by atoms with E-state index in [1.54, 1.807) is 6.20 Å². The fourth-order valence-corrected chi connectivity index (χ4v) is 2.36. The Morgan fingerprint density at radius 3 is 3.12 bits per heavy atom. The van der Waals surface area contributed by atoms with E-state index in [1.807, 2.05) is 6.07 Å². The third kappa shape index (κ3) is 2.86. The Morgan fingerprint density at radius 2 is 2.44 bits per heavy atom. The van der Waals surface area contributed by atoms with E-state index < -0.39 is 0 Å². The highest BCUT2D eigenvalue weighted by molar-refractivity contribution is 9.10. The van der Waals surface area contributed by atoms with E-state index >= 15 is 0 Å². The molecule has 0 saturated carbocycles. The Balaban J connectivity index is 2.02. The van der Waals surface area contributed by atoms with Gasteiger partial charge >= 0.3 is 0 Å². The SMILES string of the molecule is CC1CC(Nc2ncc(N)cc2Br)CCO1. The Bertz CT molecular complexity index is 372. The molecule has 0 amide bonds. The fourth-order valence-electron chi connectivity index (χ4n) is 1.88. The highest BCUT2D eigenvalue weighted by atomic mass is 79.9. The normalized spacial score (nSPS) is 25.4. The molecule has 2 unspecified atom stereocenters. The van der Waals surface area contributed by atoms with Crippen molar-refractivity contribution in [2.24, 2.45) is 0 Å². The molecule has 4 nitrogen and oxygen atoms in total. The predicted octanol–water partition coefficient (Wildman–Crippen LogP) is 2.41. The van der Waals surface area contributed by atoms with Crippen LogP contribution in [0.2, 0.25) is 0 Å². The summed E-state index contributed by atoms with van der Waals surface area (Å²) < 4.78 is 6.41. The van der Waals surface area contributed by atoms with Gasteiger partial charge in [0.2, 0.25) is 0 Å². The lowest BCUT2D eigenvalue weighted by Crippen LogP contribution is -2.32. The number of ether oxygens (including phenoxy) is 1. The number of hydrogen-bond donors (Lipinski definition) is 2. The maximum Gasteiger partial charge on any atom is 0.140 e. The van der Waals surface area contributed by atoms with Crippen molar-refractivity contribution < 1.29 is 4.74 Å². The van der Waals surface area contributed by atoms with Gasteiger partial charge < -0.3 is 15.8 Å². The van der Waals surface area contributed by atoms with E-state index in [4.69, 9.17) is 10.5 Å². The third-order valence-corrected chi connectivity index (χ3v) is 3.29. The molecule has 1 aromatic rings. The molecule has 5 heteroatoms. The van der Waals surface area contributed by atoms with Crippen LogP contribution >= 0.6 is 15.9 Å². The van der Waals surface area contributed by atoms with Crippen LogP contribution in [0.3, 0.4) is 0 Å². The number of nitrogens with two attached hydrogens (primary N) is 1. The van der Waals surface area contributed by atoms with Gasteiger partial charge in [-0.05, 0) is 41.8 Å². The molecule has 0 spiro atoms. The molecular formula is C11H16BrN3O. The maximum atomic E-state index is 5.64. The van der Waals surface area contributed by atoms with Crippen molar-refractivity contribution in [3.05, 3.63) is 16.7 Å². The van der Waals surface area contributed by atoms with Crippen molar-refractivity contribution in [2.45, 2.75) is 31.9 Å². The minimum atomic E-state index is 0.318. The molecule has 88 valence electrons. The first-order chi connectivity index (χ1) is 7.65. The second-order valence-corrected chi connectivity index (χ2v) is 5.00. The molecule has 1 aromatic heterocycles. The van der Waals surface area contributed by atoms with E-state index in [0.717, 1.165) is 29.7 Å². The number of rotatable bonds is 2. The zero-order chi connectivity index (χ0) is 11.5. The summed E-state index contributed by atoms with van der Waals surface area (Å²) in [5, 5.41) is 3.41. The minimum absolute atomic E-state index is 0.318.